The Morgan fingerprint density at radius 2 is 2.20 bits per heavy atom. The predicted octanol–water partition coefficient (Wildman–Crippen LogP) is 0.525. The van der Waals surface area contributed by atoms with Crippen molar-refractivity contribution in [1.82, 2.24) is 4.67 Å². The molecule has 1 nitrogen and oxygen atoms in total. The molecule has 5 heavy (non-hydrogen) atoms. The molecule has 0 aromatic heterocycles. The van der Waals surface area contributed by atoms with Crippen molar-refractivity contribution in [3.63, 3.8) is 0 Å². The normalized spacial score (nSPS) is 25.8. The van der Waals surface area contributed by atoms with Crippen molar-refractivity contribution in [3.8, 4) is 0 Å². The van der Waals surface area contributed by atoms with Crippen molar-refractivity contribution in [3.05, 3.63) is 0 Å². The molecule has 0 radical (unpaired) electrons. The van der Waals surface area contributed by atoms with Crippen LogP contribution in [-0.2, 0) is 0 Å². The second-order valence-electron chi connectivity index (χ2n) is 1.21. The van der Waals surface area contributed by atoms with Crippen LogP contribution < -0.4 is 0 Å². The van der Waals surface area contributed by atoms with Gasteiger partial charge in [0.05, 0.1) is 0 Å². The molecule has 0 spiro atoms. The van der Waals surface area contributed by atoms with Crippen LogP contribution in [0.2, 0.25) is 0 Å². The van der Waals surface area contributed by atoms with Crippen LogP contribution in [0.15, 0.2) is 0 Å². The molecule has 1 unspecified atom stereocenters. The lowest BCUT2D eigenvalue weighted by atomic mass is 11.0. The third kappa shape index (κ3) is 0.863. The minimum absolute atomic E-state index is 1.06. The molecule has 0 aliphatic carbocycles. The second-order valence-corrected chi connectivity index (χ2v) is 2.29. The zero-order valence-corrected chi connectivity index (χ0v) is 4.36. The molecule has 1 atom stereocenters. The topological polar surface area (TPSA) is 3.01 Å². The quantitative estimate of drug-likeness (QED) is 0.334. The Kier molecular flexibility index (Phi) is 0.884. The molecule has 0 bridgehead atoms. The van der Waals surface area contributed by atoms with Gasteiger partial charge in [0.25, 0.3) is 0 Å². The lowest BCUT2D eigenvalue weighted by molar-refractivity contribution is 0.943. The van der Waals surface area contributed by atoms with Crippen LogP contribution in [0.25, 0.3) is 0 Å². The summed E-state index contributed by atoms with van der Waals surface area (Å²) in [6, 6.07) is 0. The molecular weight excluding hydrogens is 81.0 g/mol. The van der Waals surface area contributed by atoms with E-state index in [-0.39, 0.29) is 0 Å². The average molecular weight is 89.1 g/mol. The Bertz CT molecular complexity index is 33.9. The van der Waals surface area contributed by atoms with E-state index in [1.807, 2.05) is 0 Å². The third-order valence-corrected chi connectivity index (χ3v) is 1.84. The van der Waals surface area contributed by atoms with Gasteiger partial charge in [0.15, 0.2) is 0 Å². The van der Waals surface area contributed by atoms with Crippen molar-refractivity contribution in [2.45, 2.75) is 0 Å². The molecule has 1 rings (SSSR count). The highest BCUT2D eigenvalue weighted by Crippen LogP contribution is 2.20. The van der Waals surface area contributed by atoms with Crippen molar-refractivity contribution in [1.29, 1.82) is 0 Å². The zero-order chi connectivity index (χ0) is 3.70. The largest absolute Gasteiger partial charge is 0.282 e. The molecule has 30 valence electrons. The van der Waals surface area contributed by atoms with Crippen LogP contribution in [-0.4, -0.2) is 24.4 Å². The Balaban J connectivity index is 2.00. The van der Waals surface area contributed by atoms with Gasteiger partial charge in [-0.25, -0.2) is 0 Å². The van der Waals surface area contributed by atoms with Crippen molar-refractivity contribution in [2.75, 3.05) is 19.8 Å². The molecule has 1 fully saturated rings. The van der Waals surface area contributed by atoms with Gasteiger partial charge in [0.2, 0.25) is 0 Å². The first-order valence-corrected chi connectivity index (χ1v) is 3.30. The Morgan fingerprint density at radius 3 is 2.20 bits per heavy atom. The van der Waals surface area contributed by atoms with E-state index < -0.39 is 0 Å². The average Bonchev–Trinajstić information content (AvgIpc) is 2.12. The van der Waals surface area contributed by atoms with Crippen LogP contribution in [0, 0.1) is 0 Å². The van der Waals surface area contributed by atoms with Crippen LogP contribution >= 0.6 is 8.73 Å². The van der Waals surface area contributed by atoms with Gasteiger partial charge in [0, 0.05) is 13.1 Å². The first-order valence-electron chi connectivity index (χ1n) is 1.86. The molecule has 0 amide bonds. The minimum Gasteiger partial charge on any atom is -0.282 e. The molecule has 2 heteroatoms. The van der Waals surface area contributed by atoms with E-state index in [0.29, 0.717) is 0 Å². The zero-order valence-electron chi connectivity index (χ0n) is 3.36. The van der Waals surface area contributed by atoms with Gasteiger partial charge in [-0.15, -0.1) is 0 Å². The highest BCUT2D eigenvalue weighted by Gasteiger charge is 2.12. The molecule has 1 heterocycles. The van der Waals surface area contributed by atoms with E-state index >= 15 is 0 Å². The fourth-order valence-electron chi connectivity index (χ4n) is 0.274. The van der Waals surface area contributed by atoms with E-state index in [4.69, 9.17) is 0 Å². The van der Waals surface area contributed by atoms with E-state index in [1.165, 1.54) is 13.1 Å². The molecule has 0 aromatic rings. The summed E-state index contributed by atoms with van der Waals surface area (Å²) in [5.74, 6) is 0. The maximum atomic E-state index is 2.40. The summed E-state index contributed by atoms with van der Waals surface area (Å²) in [6.45, 7) is 4.93. The van der Waals surface area contributed by atoms with Gasteiger partial charge in [0.1, 0.15) is 0 Å². The summed E-state index contributed by atoms with van der Waals surface area (Å²) in [5, 5.41) is 0. The number of nitrogens with zero attached hydrogens (tertiary/aromatic N) is 1. The fourth-order valence-corrected chi connectivity index (χ4v) is 0.821. The summed E-state index contributed by atoms with van der Waals surface area (Å²) in [4.78, 5) is 0. The maximum Gasteiger partial charge on any atom is 0.0150 e. The predicted molar refractivity (Wildman–Crippen MR) is 25.8 cm³/mol. The minimum atomic E-state index is 1.06. The van der Waals surface area contributed by atoms with Gasteiger partial charge in [-0.3, -0.25) is 4.67 Å². The van der Waals surface area contributed by atoms with Crippen molar-refractivity contribution >= 4 is 8.73 Å². The SMILES string of the molecule is CPN1CC1. The maximum absolute atomic E-state index is 2.40. The number of hydrogen-bond donors (Lipinski definition) is 0. The molecule has 0 saturated carbocycles. The van der Waals surface area contributed by atoms with E-state index in [0.717, 1.165) is 8.73 Å². The Labute approximate surface area is 34.2 Å². The highest BCUT2D eigenvalue weighted by atomic mass is 31.1. The number of hydrogen-bond acceptors (Lipinski definition) is 1. The van der Waals surface area contributed by atoms with Crippen LogP contribution in [0.5, 0.6) is 0 Å². The van der Waals surface area contributed by atoms with Gasteiger partial charge >= 0.3 is 0 Å². The van der Waals surface area contributed by atoms with E-state index in [1.54, 1.807) is 0 Å². The number of rotatable bonds is 1. The van der Waals surface area contributed by atoms with Crippen LogP contribution in [0.3, 0.4) is 0 Å². The first-order chi connectivity index (χ1) is 2.43. The summed E-state index contributed by atoms with van der Waals surface area (Å²) < 4.78 is 2.40. The fraction of sp³-hybridized carbons (Fsp3) is 1.00. The monoisotopic (exact) mass is 89.0 g/mol. The van der Waals surface area contributed by atoms with Crippen LogP contribution in [0.1, 0.15) is 0 Å². The highest BCUT2D eigenvalue weighted by molar-refractivity contribution is 7.34. The summed E-state index contributed by atoms with van der Waals surface area (Å²) in [7, 11) is 1.06. The molecule has 0 N–H and O–H groups in total. The van der Waals surface area contributed by atoms with Gasteiger partial charge < -0.3 is 0 Å². The van der Waals surface area contributed by atoms with E-state index in [9.17, 15) is 0 Å². The first kappa shape index (κ1) is 3.58. The van der Waals surface area contributed by atoms with Crippen molar-refractivity contribution in [2.24, 2.45) is 0 Å². The standard InChI is InChI=1S/C3H8NP/c1-5-4-2-3-4/h5H,2-3H2,1H3. The molecular formula is C3H8NP. The molecule has 1 saturated heterocycles. The summed E-state index contributed by atoms with van der Waals surface area (Å²) in [6.07, 6.45) is 0. The lowest BCUT2D eigenvalue weighted by Crippen LogP contribution is -1.67. The van der Waals surface area contributed by atoms with Gasteiger partial charge in [-0.2, -0.15) is 0 Å². The van der Waals surface area contributed by atoms with Gasteiger partial charge in [-0.05, 0) is 6.66 Å². The smallest absolute Gasteiger partial charge is 0.0150 e. The van der Waals surface area contributed by atoms with Gasteiger partial charge in [-0.1, -0.05) is 8.73 Å². The lowest BCUT2D eigenvalue weighted by Gasteiger charge is -1.82. The molecule has 1 aliphatic heterocycles. The third-order valence-electron chi connectivity index (χ3n) is 0.763. The van der Waals surface area contributed by atoms with Crippen molar-refractivity contribution < 1.29 is 0 Å². The second kappa shape index (κ2) is 1.24. The Morgan fingerprint density at radius 1 is 1.60 bits per heavy atom. The summed E-state index contributed by atoms with van der Waals surface area (Å²) >= 11 is 0. The molecule has 0 aromatic carbocycles. The Hall–Kier alpha value is 0.390. The van der Waals surface area contributed by atoms with E-state index in [2.05, 4.69) is 11.3 Å². The van der Waals surface area contributed by atoms with Crippen LogP contribution in [0.4, 0.5) is 0 Å². The summed E-state index contributed by atoms with van der Waals surface area (Å²) in [5.41, 5.74) is 0. The molecule has 1 aliphatic rings.